The van der Waals surface area contributed by atoms with Gasteiger partial charge in [0.1, 0.15) is 0 Å². The quantitative estimate of drug-likeness (QED) is 0.573. The second kappa shape index (κ2) is 8.39. The van der Waals surface area contributed by atoms with Gasteiger partial charge in [-0.25, -0.2) is 13.2 Å². The minimum absolute atomic E-state index is 0.152. The number of rotatable bonds is 8. The molecule has 0 aromatic heterocycles. The molecule has 0 saturated heterocycles. The molecule has 7 nitrogen and oxygen atoms in total. The lowest BCUT2D eigenvalue weighted by molar-refractivity contribution is 0.324. The van der Waals surface area contributed by atoms with Crippen LogP contribution in [0.15, 0.2) is 47.6 Å². The molecule has 0 bridgehead atoms. The van der Waals surface area contributed by atoms with Crippen LogP contribution >= 0.6 is 0 Å². The zero-order valence-electron chi connectivity index (χ0n) is 14.2. The van der Waals surface area contributed by atoms with Crippen LogP contribution in [0.25, 0.3) is 0 Å². The molecule has 0 spiro atoms. The summed E-state index contributed by atoms with van der Waals surface area (Å²) in [5.74, 6) is 1.21. The SMILES string of the molecule is COc1cc(/C=N/NS(=O)(=O)Cc2ccccc2)cc(OC)c1OC. The maximum Gasteiger partial charge on any atom is 0.251 e. The molecule has 2 aromatic rings. The Bertz CT molecular complexity index is 810. The van der Waals surface area contributed by atoms with Crippen molar-refractivity contribution in [1.82, 2.24) is 4.83 Å². The van der Waals surface area contributed by atoms with Crippen molar-refractivity contribution in [2.24, 2.45) is 5.10 Å². The van der Waals surface area contributed by atoms with E-state index in [-0.39, 0.29) is 5.75 Å². The van der Waals surface area contributed by atoms with Gasteiger partial charge in [-0.3, -0.25) is 0 Å². The van der Waals surface area contributed by atoms with Crippen LogP contribution in [-0.4, -0.2) is 36.0 Å². The monoisotopic (exact) mass is 364 g/mol. The number of benzene rings is 2. The molecule has 0 heterocycles. The van der Waals surface area contributed by atoms with Crippen molar-refractivity contribution in [3.05, 3.63) is 53.6 Å². The number of hydrazone groups is 1. The molecule has 0 aliphatic rings. The maximum absolute atomic E-state index is 12.0. The summed E-state index contributed by atoms with van der Waals surface area (Å²) in [5, 5.41) is 3.80. The second-order valence-corrected chi connectivity index (χ2v) is 6.75. The van der Waals surface area contributed by atoms with Gasteiger partial charge >= 0.3 is 0 Å². The van der Waals surface area contributed by atoms with Crippen molar-refractivity contribution in [2.75, 3.05) is 21.3 Å². The summed E-state index contributed by atoms with van der Waals surface area (Å²) in [7, 11) is 0.923. The second-order valence-electron chi connectivity index (χ2n) is 5.05. The number of sulfonamides is 1. The first-order valence-electron chi connectivity index (χ1n) is 7.35. The van der Waals surface area contributed by atoms with E-state index >= 15 is 0 Å². The molecule has 0 radical (unpaired) electrons. The van der Waals surface area contributed by atoms with Gasteiger partial charge in [0.25, 0.3) is 10.0 Å². The molecule has 0 atom stereocenters. The minimum atomic E-state index is -3.58. The predicted molar refractivity (Wildman–Crippen MR) is 95.9 cm³/mol. The first kappa shape index (κ1) is 18.6. The van der Waals surface area contributed by atoms with Gasteiger partial charge < -0.3 is 14.2 Å². The molecule has 0 amide bonds. The van der Waals surface area contributed by atoms with Gasteiger partial charge in [0, 0.05) is 5.56 Å². The van der Waals surface area contributed by atoms with E-state index in [1.807, 2.05) is 6.07 Å². The standard InChI is InChI=1S/C17H20N2O5S/c1-22-15-9-14(10-16(23-2)17(15)24-3)11-18-19-25(20,21)12-13-7-5-4-6-8-13/h4-11,19H,12H2,1-3H3/b18-11+. The zero-order valence-corrected chi connectivity index (χ0v) is 15.0. The van der Waals surface area contributed by atoms with Gasteiger partial charge in [-0.15, -0.1) is 0 Å². The van der Waals surface area contributed by atoms with Crippen LogP contribution in [0.4, 0.5) is 0 Å². The van der Waals surface area contributed by atoms with Crippen LogP contribution in [0.3, 0.4) is 0 Å². The largest absolute Gasteiger partial charge is 0.493 e. The Hall–Kier alpha value is -2.74. The van der Waals surface area contributed by atoms with E-state index in [4.69, 9.17) is 14.2 Å². The molecule has 0 fully saturated rings. The van der Waals surface area contributed by atoms with E-state index in [0.717, 1.165) is 0 Å². The molecule has 25 heavy (non-hydrogen) atoms. The Morgan fingerprint density at radius 2 is 1.60 bits per heavy atom. The van der Waals surface area contributed by atoms with E-state index in [1.54, 1.807) is 36.4 Å². The number of hydrogen-bond acceptors (Lipinski definition) is 6. The van der Waals surface area contributed by atoms with Crippen LogP contribution in [0.1, 0.15) is 11.1 Å². The molecule has 0 unspecified atom stereocenters. The smallest absolute Gasteiger partial charge is 0.251 e. The molecule has 0 saturated carbocycles. The minimum Gasteiger partial charge on any atom is -0.493 e. The highest BCUT2D eigenvalue weighted by Crippen LogP contribution is 2.37. The summed E-state index contributed by atoms with van der Waals surface area (Å²) < 4.78 is 39.8. The number of methoxy groups -OCH3 is 3. The molecule has 2 rings (SSSR count). The molecular weight excluding hydrogens is 344 g/mol. The molecule has 1 N–H and O–H groups in total. The lowest BCUT2D eigenvalue weighted by atomic mass is 10.2. The van der Waals surface area contributed by atoms with Crippen molar-refractivity contribution in [2.45, 2.75) is 5.75 Å². The van der Waals surface area contributed by atoms with Crippen LogP contribution in [0, 0.1) is 0 Å². The lowest BCUT2D eigenvalue weighted by Gasteiger charge is -2.12. The third kappa shape index (κ3) is 5.12. The summed E-state index contributed by atoms with van der Waals surface area (Å²) in [6.07, 6.45) is 1.37. The average Bonchev–Trinajstić information content (AvgIpc) is 2.61. The van der Waals surface area contributed by atoms with Crippen molar-refractivity contribution < 1.29 is 22.6 Å². The van der Waals surface area contributed by atoms with Gasteiger partial charge in [-0.1, -0.05) is 30.3 Å². The van der Waals surface area contributed by atoms with Crippen molar-refractivity contribution in [3.63, 3.8) is 0 Å². The van der Waals surface area contributed by atoms with Gasteiger partial charge in [-0.2, -0.15) is 5.10 Å². The van der Waals surface area contributed by atoms with E-state index in [2.05, 4.69) is 9.93 Å². The highest BCUT2D eigenvalue weighted by molar-refractivity contribution is 7.88. The summed E-state index contributed by atoms with van der Waals surface area (Å²) in [4.78, 5) is 2.19. The summed E-state index contributed by atoms with van der Waals surface area (Å²) in [6.45, 7) is 0. The van der Waals surface area contributed by atoms with E-state index in [0.29, 0.717) is 28.4 Å². The van der Waals surface area contributed by atoms with Crippen LogP contribution in [0.2, 0.25) is 0 Å². The fourth-order valence-corrected chi connectivity index (χ4v) is 3.09. The van der Waals surface area contributed by atoms with E-state index in [1.165, 1.54) is 27.5 Å². The van der Waals surface area contributed by atoms with Gasteiger partial charge in [0.2, 0.25) is 5.75 Å². The van der Waals surface area contributed by atoms with Crippen LogP contribution < -0.4 is 19.0 Å². The summed E-state index contributed by atoms with van der Waals surface area (Å²) >= 11 is 0. The van der Waals surface area contributed by atoms with Crippen LogP contribution in [-0.2, 0) is 15.8 Å². The average molecular weight is 364 g/mol. The zero-order chi connectivity index (χ0) is 18.3. The first-order valence-corrected chi connectivity index (χ1v) is 9.00. The van der Waals surface area contributed by atoms with Crippen molar-refractivity contribution in [3.8, 4) is 17.2 Å². The Morgan fingerprint density at radius 1 is 1.00 bits per heavy atom. The molecule has 0 aliphatic carbocycles. The van der Waals surface area contributed by atoms with Gasteiger partial charge in [-0.05, 0) is 17.7 Å². The van der Waals surface area contributed by atoms with Gasteiger partial charge in [0.05, 0.1) is 33.3 Å². The summed E-state index contributed by atoms with van der Waals surface area (Å²) in [6, 6.07) is 12.2. The predicted octanol–water partition coefficient (Wildman–Crippen LogP) is 2.17. The van der Waals surface area contributed by atoms with Crippen molar-refractivity contribution >= 4 is 16.2 Å². The van der Waals surface area contributed by atoms with Gasteiger partial charge in [0.15, 0.2) is 11.5 Å². The normalized spacial score (nSPS) is 11.3. The molecule has 2 aromatic carbocycles. The van der Waals surface area contributed by atoms with Crippen LogP contribution in [0.5, 0.6) is 17.2 Å². The number of nitrogens with one attached hydrogen (secondary N) is 1. The first-order chi connectivity index (χ1) is 12.0. The molecule has 134 valence electrons. The fourth-order valence-electron chi connectivity index (χ4n) is 2.18. The fraction of sp³-hybridized carbons (Fsp3) is 0.235. The Balaban J connectivity index is 2.13. The third-order valence-electron chi connectivity index (χ3n) is 3.29. The number of ether oxygens (including phenoxy) is 3. The molecule has 8 heteroatoms. The van der Waals surface area contributed by atoms with E-state index in [9.17, 15) is 8.42 Å². The Labute approximate surface area is 147 Å². The highest BCUT2D eigenvalue weighted by atomic mass is 32.2. The Morgan fingerprint density at radius 3 is 2.12 bits per heavy atom. The third-order valence-corrected chi connectivity index (χ3v) is 4.39. The van der Waals surface area contributed by atoms with Crippen molar-refractivity contribution in [1.29, 1.82) is 0 Å². The highest BCUT2D eigenvalue weighted by Gasteiger charge is 2.13. The lowest BCUT2D eigenvalue weighted by Crippen LogP contribution is -2.20. The molecular formula is C17H20N2O5S. The topological polar surface area (TPSA) is 86.2 Å². The summed E-state index contributed by atoms with van der Waals surface area (Å²) in [5.41, 5.74) is 1.27. The molecule has 0 aliphatic heterocycles. The number of hydrogen-bond donors (Lipinski definition) is 1. The maximum atomic E-state index is 12.0. The Kier molecular flexibility index (Phi) is 6.24. The van der Waals surface area contributed by atoms with E-state index < -0.39 is 10.0 Å². The number of nitrogens with zero attached hydrogens (tertiary/aromatic N) is 1.